The lowest BCUT2D eigenvalue weighted by Gasteiger charge is -2.29. The van der Waals surface area contributed by atoms with Crippen LogP contribution in [0.15, 0.2) is 59.5 Å². The van der Waals surface area contributed by atoms with Crippen molar-refractivity contribution in [1.82, 2.24) is 10.2 Å². The molecule has 30 heavy (non-hydrogen) atoms. The second kappa shape index (κ2) is 12.4. The Labute approximate surface area is 185 Å². The molecule has 0 fully saturated rings. The Morgan fingerprint density at radius 2 is 1.67 bits per heavy atom. The number of nitrogens with zero attached hydrogens (tertiary/aromatic N) is 1. The van der Waals surface area contributed by atoms with Gasteiger partial charge in [-0.25, -0.2) is 0 Å². The first-order valence-electron chi connectivity index (χ1n) is 10.7. The van der Waals surface area contributed by atoms with Gasteiger partial charge in [0.2, 0.25) is 11.8 Å². The maximum atomic E-state index is 13.0. The Morgan fingerprint density at radius 1 is 1.00 bits per heavy atom. The van der Waals surface area contributed by atoms with E-state index in [0.717, 1.165) is 11.3 Å². The van der Waals surface area contributed by atoms with Gasteiger partial charge in [-0.15, -0.1) is 11.8 Å². The second-order valence-corrected chi connectivity index (χ2v) is 9.22. The van der Waals surface area contributed by atoms with Crippen molar-refractivity contribution in [2.45, 2.75) is 51.5 Å². The third-order valence-electron chi connectivity index (χ3n) is 4.94. The Kier molecular flexibility index (Phi) is 9.95. The highest BCUT2D eigenvalue weighted by molar-refractivity contribution is 7.99. The van der Waals surface area contributed by atoms with Gasteiger partial charge >= 0.3 is 0 Å². The van der Waals surface area contributed by atoms with E-state index in [0.29, 0.717) is 31.2 Å². The highest BCUT2D eigenvalue weighted by Gasteiger charge is 2.25. The monoisotopic (exact) mass is 426 g/mol. The van der Waals surface area contributed by atoms with Gasteiger partial charge in [0, 0.05) is 30.2 Å². The summed E-state index contributed by atoms with van der Waals surface area (Å²) >= 11 is 1.68. The molecule has 0 aliphatic heterocycles. The van der Waals surface area contributed by atoms with Gasteiger partial charge in [0.1, 0.15) is 6.04 Å². The van der Waals surface area contributed by atoms with E-state index in [2.05, 4.69) is 62.5 Å². The summed E-state index contributed by atoms with van der Waals surface area (Å²) in [4.78, 5) is 28.5. The molecule has 1 atom stereocenters. The van der Waals surface area contributed by atoms with Gasteiger partial charge in [-0.1, -0.05) is 61.9 Å². The molecule has 0 bridgehead atoms. The van der Waals surface area contributed by atoms with Crippen LogP contribution in [-0.2, 0) is 16.0 Å². The average Bonchev–Trinajstić information content (AvgIpc) is 2.74. The van der Waals surface area contributed by atoms with E-state index in [1.807, 2.05) is 25.1 Å². The predicted molar refractivity (Wildman–Crippen MR) is 126 cm³/mol. The van der Waals surface area contributed by atoms with E-state index in [1.165, 1.54) is 11.1 Å². The number of aryl methyl sites for hydroxylation is 1. The van der Waals surface area contributed by atoms with Crippen molar-refractivity contribution in [2.75, 3.05) is 18.8 Å². The van der Waals surface area contributed by atoms with Crippen LogP contribution in [-0.4, -0.2) is 41.6 Å². The molecule has 2 aromatic carbocycles. The minimum Gasteiger partial charge on any atom is -0.354 e. The highest BCUT2D eigenvalue weighted by atomic mass is 32.2. The van der Waals surface area contributed by atoms with Crippen molar-refractivity contribution in [1.29, 1.82) is 0 Å². The third-order valence-corrected chi connectivity index (χ3v) is 5.96. The first-order valence-corrected chi connectivity index (χ1v) is 11.7. The fraction of sp³-hybridized carbons (Fsp3) is 0.440. The molecule has 2 amide bonds. The lowest BCUT2D eigenvalue weighted by molar-refractivity contribution is -0.139. The standard InChI is InChI=1S/C25H34N2O2S/c1-19(2)18-26-25(29)21(4)27(16-14-22-8-6-5-7-9-22)24(28)15-17-30-23-12-10-20(3)11-13-23/h5-13,19,21H,14-18H2,1-4H3,(H,26,29)/t21-/m1/s1. The summed E-state index contributed by atoms with van der Waals surface area (Å²) in [5.41, 5.74) is 2.39. The molecule has 0 aromatic heterocycles. The minimum atomic E-state index is -0.482. The van der Waals surface area contributed by atoms with Crippen LogP contribution in [0.3, 0.4) is 0 Å². The Hall–Kier alpha value is -2.27. The van der Waals surface area contributed by atoms with Gasteiger partial charge in [0.05, 0.1) is 0 Å². The van der Waals surface area contributed by atoms with Gasteiger partial charge in [-0.3, -0.25) is 9.59 Å². The summed E-state index contributed by atoms with van der Waals surface area (Å²) in [6, 6.07) is 17.9. The first-order chi connectivity index (χ1) is 14.4. The molecule has 162 valence electrons. The van der Waals surface area contributed by atoms with Crippen LogP contribution in [0.1, 0.15) is 38.3 Å². The molecule has 0 aliphatic rings. The van der Waals surface area contributed by atoms with E-state index in [4.69, 9.17) is 0 Å². The molecule has 0 heterocycles. The molecule has 4 nitrogen and oxygen atoms in total. The lowest BCUT2D eigenvalue weighted by atomic mass is 10.1. The smallest absolute Gasteiger partial charge is 0.242 e. The van der Waals surface area contributed by atoms with Crippen LogP contribution in [0.4, 0.5) is 0 Å². The van der Waals surface area contributed by atoms with Crippen molar-refractivity contribution >= 4 is 23.6 Å². The molecule has 2 rings (SSSR count). The molecule has 0 aliphatic carbocycles. The second-order valence-electron chi connectivity index (χ2n) is 8.05. The highest BCUT2D eigenvalue weighted by Crippen LogP contribution is 2.20. The normalized spacial score (nSPS) is 11.9. The largest absolute Gasteiger partial charge is 0.354 e. The third kappa shape index (κ3) is 8.23. The molecule has 0 unspecified atom stereocenters. The number of carbonyl (C=O) groups excluding carboxylic acids is 2. The summed E-state index contributed by atoms with van der Waals surface area (Å²) in [6.07, 6.45) is 1.15. The van der Waals surface area contributed by atoms with Crippen LogP contribution in [0.2, 0.25) is 0 Å². The van der Waals surface area contributed by atoms with Crippen molar-refractivity contribution in [2.24, 2.45) is 5.92 Å². The Bertz CT molecular complexity index is 791. The molecule has 0 saturated carbocycles. The number of nitrogens with one attached hydrogen (secondary N) is 1. The minimum absolute atomic E-state index is 0.0257. The lowest BCUT2D eigenvalue weighted by Crippen LogP contribution is -2.49. The van der Waals surface area contributed by atoms with Crippen LogP contribution < -0.4 is 5.32 Å². The topological polar surface area (TPSA) is 49.4 Å². The maximum Gasteiger partial charge on any atom is 0.242 e. The maximum absolute atomic E-state index is 13.0. The van der Waals surface area contributed by atoms with Crippen LogP contribution in [0.5, 0.6) is 0 Å². The number of hydrogen-bond donors (Lipinski definition) is 1. The quantitative estimate of drug-likeness (QED) is 0.530. The molecule has 1 N–H and O–H groups in total. The predicted octanol–water partition coefficient (Wildman–Crippen LogP) is 4.71. The number of amides is 2. The average molecular weight is 427 g/mol. The number of benzene rings is 2. The van der Waals surface area contributed by atoms with Crippen molar-refractivity contribution < 1.29 is 9.59 Å². The number of thioether (sulfide) groups is 1. The zero-order valence-corrected chi connectivity index (χ0v) is 19.4. The summed E-state index contributed by atoms with van der Waals surface area (Å²) in [5.74, 6) is 1.01. The number of hydrogen-bond acceptors (Lipinski definition) is 3. The fourth-order valence-electron chi connectivity index (χ4n) is 3.06. The summed E-state index contributed by atoms with van der Waals surface area (Å²) in [7, 11) is 0. The van der Waals surface area contributed by atoms with E-state index >= 15 is 0 Å². The zero-order valence-electron chi connectivity index (χ0n) is 18.6. The van der Waals surface area contributed by atoms with Crippen LogP contribution in [0.25, 0.3) is 0 Å². The summed E-state index contributed by atoms with van der Waals surface area (Å²) in [6.45, 7) is 9.17. The van der Waals surface area contributed by atoms with E-state index < -0.39 is 6.04 Å². The summed E-state index contributed by atoms with van der Waals surface area (Å²) < 4.78 is 0. The van der Waals surface area contributed by atoms with Crippen molar-refractivity contribution in [3.8, 4) is 0 Å². The molecular weight excluding hydrogens is 392 g/mol. The SMILES string of the molecule is Cc1ccc(SCCC(=O)N(CCc2ccccc2)[C@H](C)C(=O)NCC(C)C)cc1. The van der Waals surface area contributed by atoms with Crippen molar-refractivity contribution in [3.05, 3.63) is 65.7 Å². The Morgan fingerprint density at radius 3 is 2.30 bits per heavy atom. The molecule has 2 aromatic rings. The Balaban J connectivity index is 1.97. The van der Waals surface area contributed by atoms with Gasteiger partial charge in [-0.05, 0) is 43.9 Å². The molecular formula is C25H34N2O2S. The van der Waals surface area contributed by atoms with Gasteiger partial charge in [0.15, 0.2) is 0 Å². The van der Waals surface area contributed by atoms with E-state index in [9.17, 15) is 9.59 Å². The van der Waals surface area contributed by atoms with E-state index in [1.54, 1.807) is 16.7 Å². The van der Waals surface area contributed by atoms with Crippen molar-refractivity contribution in [3.63, 3.8) is 0 Å². The molecule has 0 saturated heterocycles. The van der Waals surface area contributed by atoms with Gasteiger partial charge in [0.25, 0.3) is 0 Å². The molecule has 0 radical (unpaired) electrons. The number of rotatable bonds is 11. The molecule has 0 spiro atoms. The summed E-state index contributed by atoms with van der Waals surface area (Å²) in [5, 5.41) is 2.96. The fourth-order valence-corrected chi connectivity index (χ4v) is 3.90. The number of carbonyl (C=O) groups is 2. The van der Waals surface area contributed by atoms with Crippen LogP contribution >= 0.6 is 11.8 Å². The van der Waals surface area contributed by atoms with Gasteiger partial charge in [-0.2, -0.15) is 0 Å². The first kappa shape index (κ1) is 24.0. The molecule has 5 heteroatoms. The van der Waals surface area contributed by atoms with E-state index in [-0.39, 0.29) is 11.8 Å². The zero-order chi connectivity index (χ0) is 21.9. The van der Waals surface area contributed by atoms with Gasteiger partial charge < -0.3 is 10.2 Å². The van der Waals surface area contributed by atoms with Crippen LogP contribution in [0, 0.1) is 12.8 Å².